The summed E-state index contributed by atoms with van der Waals surface area (Å²) in [5, 5.41) is 3.26. The molecule has 0 spiro atoms. The van der Waals surface area contributed by atoms with E-state index in [9.17, 15) is 8.78 Å². The molecule has 1 N–H and O–H groups in total. The highest BCUT2D eigenvalue weighted by atomic mass is 79.9. The topological polar surface area (TPSA) is 21.3 Å². The molecule has 1 unspecified atom stereocenters. The minimum absolute atomic E-state index is 0.159. The van der Waals surface area contributed by atoms with Crippen LogP contribution in [0.4, 0.5) is 8.78 Å². The molecule has 0 amide bonds. The fourth-order valence-corrected chi connectivity index (χ4v) is 2.40. The molecule has 20 heavy (non-hydrogen) atoms. The summed E-state index contributed by atoms with van der Waals surface area (Å²) in [6, 6.07) is 2.70. The minimum atomic E-state index is -0.493. The number of nitrogens with one attached hydrogen (secondary N) is 1. The van der Waals surface area contributed by atoms with Gasteiger partial charge in [-0.05, 0) is 52.9 Å². The first-order chi connectivity index (χ1) is 9.47. The van der Waals surface area contributed by atoms with Crippen LogP contribution in [-0.2, 0) is 11.2 Å². The van der Waals surface area contributed by atoms with Crippen LogP contribution in [0.2, 0.25) is 0 Å². The van der Waals surface area contributed by atoms with Crippen LogP contribution >= 0.6 is 15.9 Å². The van der Waals surface area contributed by atoms with E-state index in [0.717, 1.165) is 6.54 Å². The van der Waals surface area contributed by atoms with Crippen molar-refractivity contribution in [3.63, 3.8) is 0 Å². The third-order valence-electron chi connectivity index (χ3n) is 3.44. The van der Waals surface area contributed by atoms with Crippen molar-refractivity contribution < 1.29 is 13.5 Å². The number of hydrogen-bond donors (Lipinski definition) is 1. The van der Waals surface area contributed by atoms with Crippen molar-refractivity contribution in [2.45, 2.75) is 20.3 Å². The number of ether oxygens (including phenoxy) is 1. The van der Waals surface area contributed by atoms with Crippen molar-refractivity contribution in [2.75, 3.05) is 26.8 Å². The molecule has 1 atom stereocenters. The van der Waals surface area contributed by atoms with Gasteiger partial charge in [0, 0.05) is 19.2 Å². The van der Waals surface area contributed by atoms with E-state index >= 15 is 0 Å². The van der Waals surface area contributed by atoms with Crippen LogP contribution in [0, 0.1) is 23.5 Å². The fourth-order valence-electron chi connectivity index (χ4n) is 2.02. The van der Waals surface area contributed by atoms with E-state index in [2.05, 4.69) is 35.1 Å². The summed E-state index contributed by atoms with van der Waals surface area (Å²) in [6.45, 7) is 6.22. The zero-order chi connectivity index (χ0) is 15.1. The van der Waals surface area contributed by atoms with Crippen LogP contribution < -0.4 is 5.32 Å². The molecule has 5 heteroatoms. The van der Waals surface area contributed by atoms with Crippen LogP contribution in [0.15, 0.2) is 16.6 Å². The number of hydrogen-bond acceptors (Lipinski definition) is 2. The predicted octanol–water partition coefficient (Wildman–Crippen LogP) is 3.78. The van der Waals surface area contributed by atoms with Crippen molar-refractivity contribution in [3.8, 4) is 0 Å². The lowest BCUT2D eigenvalue weighted by atomic mass is 9.88. The Balaban J connectivity index is 2.73. The molecule has 0 saturated heterocycles. The molecule has 0 bridgehead atoms. The number of methoxy groups -OCH3 is 1. The molecular formula is C15H22BrF2NO. The van der Waals surface area contributed by atoms with E-state index in [-0.39, 0.29) is 11.5 Å². The van der Waals surface area contributed by atoms with Gasteiger partial charge in [0.05, 0.1) is 11.1 Å². The molecule has 0 aliphatic carbocycles. The summed E-state index contributed by atoms with van der Waals surface area (Å²) in [5.74, 6) is -0.464. The van der Waals surface area contributed by atoms with Crippen molar-refractivity contribution in [1.82, 2.24) is 5.32 Å². The molecule has 0 heterocycles. The lowest BCUT2D eigenvalue weighted by Crippen LogP contribution is -2.30. The van der Waals surface area contributed by atoms with E-state index < -0.39 is 11.6 Å². The summed E-state index contributed by atoms with van der Waals surface area (Å²) in [6.07, 6.45) is 0.384. The second-order valence-corrected chi connectivity index (χ2v) is 6.08. The number of halogens is 3. The largest absolute Gasteiger partial charge is 0.383 e. The Morgan fingerprint density at radius 2 is 2.00 bits per heavy atom. The molecule has 1 aromatic carbocycles. The molecule has 2 nitrogen and oxygen atoms in total. The van der Waals surface area contributed by atoms with Gasteiger partial charge >= 0.3 is 0 Å². The molecule has 0 aliphatic rings. The highest BCUT2D eigenvalue weighted by Gasteiger charge is 2.20. The van der Waals surface area contributed by atoms with Gasteiger partial charge in [0.2, 0.25) is 0 Å². The zero-order valence-electron chi connectivity index (χ0n) is 12.2. The molecular weight excluding hydrogens is 328 g/mol. The minimum Gasteiger partial charge on any atom is -0.383 e. The number of rotatable bonds is 8. The molecule has 0 saturated carbocycles. The SMILES string of the molecule is COCCNCC(Cc1c(F)ccc(Br)c1F)C(C)C. The Morgan fingerprint density at radius 3 is 2.60 bits per heavy atom. The first-order valence-electron chi connectivity index (χ1n) is 6.79. The Kier molecular flexibility index (Phi) is 7.62. The summed E-state index contributed by atoms with van der Waals surface area (Å²) in [5.41, 5.74) is 0.159. The van der Waals surface area contributed by atoms with Gasteiger partial charge in [0.25, 0.3) is 0 Å². The lowest BCUT2D eigenvalue weighted by Gasteiger charge is -2.22. The second kappa shape index (κ2) is 8.70. The summed E-state index contributed by atoms with van der Waals surface area (Å²) in [4.78, 5) is 0. The van der Waals surface area contributed by atoms with Gasteiger partial charge in [0.15, 0.2) is 0 Å². The van der Waals surface area contributed by atoms with Crippen molar-refractivity contribution in [3.05, 3.63) is 33.8 Å². The van der Waals surface area contributed by atoms with Gasteiger partial charge < -0.3 is 10.1 Å². The quantitative estimate of drug-likeness (QED) is 0.569. The third-order valence-corrected chi connectivity index (χ3v) is 4.05. The monoisotopic (exact) mass is 349 g/mol. The van der Waals surface area contributed by atoms with Crippen molar-refractivity contribution in [1.29, 1.82) is 0 Å². The van der Waals surface area contributed by atoms with Crippen LogP contribution in [-0.4, -0.2) is 26.8 Å². The molecule has 1 aromatic rings. The first-order valence-corrected chi connectivity index (χ1v) is 7.58. The van der Waals surface area contributed by atoms with Crippen molar-refractivity contribution >= 4 is 15.9 Å². The number of benzene rings is 1. The molecule has 0 aromatic heterocycles. The lowest BCUT2D eigenvalue weighted by molar-refractivity contribution is 0.196. The smallest absolute Gasteiger partial charge is 0.143 e. The highest BCUT2D eigenvalue weighted by Crippen LogP contribution is 2.26. The molecule has 0 fully saturated rings. The highest BCUT2D eigenvalue weighted by molar-refractivity contribution is 9.10. The van der Waals surface area contributed by atoms with E-state index in [4.69, 9.17) is 4.74 Å². The van der Waals surface area contributed by atoms with E-state index in [1.54, 1.807) is 7.11 Å². The van der Waals surface area contributed by atoms with Crippen molar-refractivity contribution in [2.24, 2.45) is 11.8 Å². The Morgan fingerprint density at radius 1 is 1.30 bits per heavy atom. The summed E-state index contributed by atoms with van der Waals surface area (Å²) >= 11 is 3.11. The van der Waals surface area contributed by atoms with E-state index in [1.165, 1.54) is 12.1 Å². The third kappa shape index (κ3) is 5.11. The maximum atomic E-state index is 14.0. The van der Waals surface area contributed by atoms with Gasteiger partial charge in [-0.2, -0.15) is 0 Å². The van der Waals surface area contributed by atoms with Crippen LogP contribution in [0.1, 0.15) is 19.4 Å². The average Bonchev–Trinajstić information content (AvgIpc) is 2.41. The van der Waals surface area contributed by atoms with E-state index in [1.807, 2.05) is 0 Å². The standard InChI is InChI=1S/C15H22BrF2NO/c1-10(2)11(9-19-6-7-20-3)8-12-14(17)5-4-13(16)15(12)18/h4-5,10-11,19H,6-9H2,1-3H3. The first kappa shape index (κ1) is 17.5. The normalized spacial score (nSPS) is 12.9. The fraction of sp³-hybridized carbons (Fsp3) is 0.600. The Hall–Kier alpha value is -0.520. The molecule has 0 radical (unpaired) electrons. The summed E-state index contributed by atoms with van der Waals surface area (Å²) < 4.78 is 33.1. The predicted molar refractivity (Wildman–Crippen MR) is 80.8 cm³/mol. The van der Waals surface area contributed by atoms with Gasteiger partial charge in [-0.15, -0.1) is 0 Å². The molecule has 1 rings (SSSR count). The van der Waals surface area contributed by atoms with Crippen LogP contribution in [0.5, 0.6) is 0 Å². The van der Waals surface area contributed by atoms with Gasteiger partial charge in [-0.3, -0.25) is 0 Å². The van der Waals surface area contributed by atoms with Gasteiger partial charge in [0.1, 0.15) is 11.6 Å². The maximum absolute atomic E-state index is 14.0. The Labute approximate surface area is 128 Å². The zero-order valence-corrected chi connectivity index (χ0v) is 13.8. The van der Waals surface area contributed by atoms with Crippen LogP contribution in [0.25, 0.3) is 0 Å². The molecule has 0 aliphatic heterocycles. The van der Waals surface area contributed by atoms with E-state index in [0.29, 0.717) is 30.0 Å². The van der Waals surface area contributed by atoms with Crippen LogP contribution in [0.3, 0.4) is 0 Å². The second-order valence-electron chi connectivity index (χ2n) is 5.23. The summed E-state index contributed by atoms with van der Waals surface area (Å²) in [7, 11) is 1.65. The van der Waals surface area contributed by atoms with Gasteiger partial charge in [-0.25, -0.2) is 8.78 Å². The van der Waals surface area contributed by atoms with Gasteiger partial charge in [-0.1, -0.05) is 13.8 Å². The maximum Gasteiger partial charge on any atom is 0.143 e. The average molecular weight is 350 g/mol. The molecule has 114 valence electrons. The Bertz CT molecular complexity index is 427.